The largest absolute Gasteiger partial charge is 0.370 e. The summed E-state index contributed by atoms with van der Waals surface area (Å²) >= 11 is 0. The van der Waals surface area contributed by atoms with Gasteiger partial charge in [0.1, 0.15) is 0 Å². The maximum Gasteiger partial charge on any atom is 0.188 e. The van der Waals surface area contributed by atoms with E-state index in [1.54, 1.807) is 7.05 Å². The molecule has 3 heteroatoms. The van der Waals surface area contributed by atoms with Crippen LogP contribution in [0.5, 0.6) is 0 Å². The molecule has 0 amide bonds. The molecule has 1 aliphatic rings. The van der Waals surface area contributed by atoms with Crippen LogP contribution in [0.25, 0.3) is 0 Å². The standard InChI is InChI=1S/C8H17N3/c1-10-8(9)11-6-7-4-2-3-5-7/h7H,2-6H2,1H3,(H3,9,10,11). The summed E-state index contributed by atoms with van der Waals surface area (Å²) in [5.74, 6) is 1.40. The highest BCUT2D eigenvalue weighted by Gasteiger charge is 2.14. The first-order valence-corrected chi connectivity index (χ1v) is 4.29. The van der Waals surface area contributed by atoms with Crippen molar-refractivity contribution < 1.29 is 0 Å². The summed E-state index contributed by atoms with van der Waals surface area (Å²) in [5.41, 5.74) is 5.49. The van der Waals surface area contributed by atoms with Crippen molar-refractivity contribution in [2.45, 2.75) is 25.7 Å². The summed E-state index contributed by atoms with van der Waals surface area (Å²) in [6.07, 6.45) is 5.47. The smallest absolute Gasteiger partial charge is 0.188 e. The third-order valence-corrected chi connectivity index (χ3v) is 2.29. The Labute approximate surface area is 68.1 Å². The molecule has 0 atom stereocenters. The number of nitrogens with one attached hydrogen (secondary N) is 1. The van der Waals surface area contributed by atoms with Gasteiger partial charge in [0.25, 0.3) is 0 Å². The average Bonchev–Trinajstić information content (AvgIpc) is 2.52. The number of hydrogen-bond acceptors (Lipinski definition) is 1. The molecular formula is C8H17N3. The van der Waals surface area contributed by atoms with Crippen molar-refractivity contribution >= 4 is 5.96 Å². The first-order chi connectivity index (χ1) is 5.33. The van der Waals surface area contributed by atoms with Gasteiger partial charge in [-0.25, -0.2) is 0 Å². The highest BCUT2D eigenvalue weighted by molar-refractivity contribution is 5.77. The summed E-state index contributed by atoms with van der Waals surface area (Å²) in [5, 5.41) is 3.10. The zero-order valence-corrected chi connectivity index (χ0v) is 7.14. The molecule has 0 saturated heterocycles. The molecule has 1 rings (SSSR count). The number of rotatable bonds is 2. The summed E-state index contributed by atoms with van der Waals surface area (Å²) in [4.78, 5) is 3.83. The molecule has 0 aliphatic heterocycles. The predicted molar refractivity (Wildman–Crippen MR) is 47.5 cm³/mol. The van der Waals surface area contributed by atoms with E-state index in [4.69, 9.17) is 5.73 Å². The van der Waals surface area contributed by atoms with Crippen molar-refractivity contribution in [2.24, 2.45) is 16.6 Å². The van der Waals surface area contributed by atoms with E-state index in [9.17, 15) is 0 Å². The molecule has 1 saturated carbocycles. The van der Waals surface area contributed by atoms with Crippen molar-refractivity contribution in [3.05, 3.63) is 0 Å². The van der Waals surface area contributed by atoms with Gasteiger partial charge in [0, 0.05) is 13.6 Å². The van der Waals surface area contributed by atoms with E-state index in [2.05, 4.69) is 10.3 Å². The number of hydrogen-bond donors (Lipinski definition) is 2. The fourth-order valence-electron chi connectivity index (χ4n) is 1.54. The molecule has 1 fully saturated rings. The van der Waals surface area contributed by atoms with Crippen molar-refractivity contribution in [3.8, 4) is 0 Å². The van der Waals surface area contributed by atoms with Crippen LogP contribution in [0, 0.1) is 5.92 Å². The minimum Gasteiger partial charge on any atom is -0.370 e. The third kappa shape index (κ3) is 2.78. The van der Waals surface area contributed by atoms with Crippen LogP contribution in [0.4, 0.5) is 0 Å². The van der Waals surface area contributed by atoms with E-state index < -0.39 is 0 Å². The molecule has 0 unspecified atom stereocenters. The summed E-state index contributed by atoms with van der Waals surface area (Å²) in [6.45, 7) is 1.00. The summed E-state index contributed by atoms with van der Waals surface area (Å²) in [6, 6.07) is 0. The first kappa shape index (κ1) is 8.37. The fourth-order valence-corrected chi connectivity index (χ4v) is 1.54. The van der Waals surface area contributed by atoms with E-state index in [-0.39, 0.29) is 0 Å². The van der Waals surface area contributed by atoms with E-state index >= 15 is 0 Å². The van der Waals surface area contributed by atoms with Gasteiger partial charge in [-0.2, -0.15) is 0 Å². The van der Waals surface area contributed by atoms with Crippen LogP contribution < -0.4 is 11.1 Å². The van der Waals surface area contributed by atoms with Crippen molar-refractivity contribution in [2.75, 3.05) is 13.6 Å². The number of aliphatic imine (C=N–C) groups is 1. The van der Waals surface area contributed by atoms with E-state index in [0.29, 0.717) is 5.96 Å². The van der Waals surface area contributed by atoms with Crippen LogP contribution in [-0.2, 0) is 0 Å². The maximum atomic E-state index is 5.49. The molecule has 64 valence electrons. The molecular weight excluding hydrogens is 138 g/mol. The molecule has 0 aromatic heterocycles. The second-order valence-corrected chi connectivity index (χ2v) is 3.14. The fraction of sp³-hybridized carbons (Fsp3) is 0.875. The zero-order chi connectivity index (χ0) is 8.10. The summed E-state index contributed by atoms with van der Waals surface area (Å²) in [7, 11) is 1.71. The Bertz CT molecular complexity index is 136. The molecule has 0 heterocycles. The molecule has 3 nitrogen and oxygen atoms in total. The molecule has 11 heavy (non-hydrogen) atoms. The lowest BCUT2D eigenvalue weighted by Crippen LogP contribution is -2.34. The Kier molecular flexibility index (Phi) is 3.20. The van der Waals surface area contributed by atoms with Crippen LogP contribution in [0.2, 0.25) is 0 Å². The van der Waals surface area contributed by atoms with Gasteiger partial charge in [-0.15, -0.1) is 0 Å². The Morgan fingerprint density at radius 1 is 1.55 bits per heavy atom. The van der Waals surface area contributed by atoms with Gasteiger partial charge in [-0.1, -0.05) is 12.8 Å². The van der Waals surface area contributed by atoms with Crippen LogP contribution in [0.15, 0.2) is 4.99 Å². The van der Waals surface area contributed by atoms with E-state index in [1.807, 2.05) is 0 Å². The highest BCUT2D eigenvalue weighted by atomic mass is 15.1. The second-order valence-electron chi connectivity index (χ2n) is 3.14. The minimum absolute atomic E-state index is 0.567. The Hall–Kier alpha value is -0.730. The van der Waals surface area contributed by atoms with Crippen molar-refractivity contribution in [1.29, 1.82) is 0 Å². The van der Waals surface area contributed by atoms with Gasteiger partial charge in [-0.3, -0.25) is 4.99 Å². The summed E-state index contributed by atoms with van der Waals surface area (Å²) < 4.78 is 0. The van der Waals surface area contributed by atoms with Gasteiger partial charge in [0.2, 0.25) is 0 Å². The average molecular weight is 155 g/mol. The number of nitrogens with zero attached hydrogens (tertiary/aromatic N) is 1. The highest BCUT2D eigenvalue weighted by Crippen LogP contribution is 2.23. The zero-order valence-electron chi connectivity index (χ0n) is 7.14. The Balaban J connectivity index is 2.11. The topological polar surface area (TPSA) is 50.4 Å². The predicted octanol–water partition coefficient (Wildman–Crippen LogP) is 0.711. The Morgan fingerprint density at radius 2 is 2.18 bits per heavy atom. The van der Waals surface area contributed by atoms with E-state index in [1.165, 1.54) is 25.7 Å². The van der Waals surface area contributed by atoms with Crippen LogP contribution in [0.3, 0.4) is 0 Å². The quantitative estimate of drug-likeness (QED) is 0.456. The van der Waals surface area contributed by atoms with Crippen molar-refractivity contribution in [1.82, 2.24) is 5.32 Å². The van der Waals surface area contributed by atoms with Gasteiger partial charge in [-0.05, 0) is 18.8 Å². The monoisotopic (exact) mass is 155 g/mol. The second kappa shape index (κ2) is 4.21. The lowest BCUT2D eigenvalue weighted by molar-refractivity contribution is 0.535. The lowest BCUT2D eigenvalue weighted by atomic mass is 10.1. The Morgan fingerprint density at radius 3 is 2.73 bits per heavy atom. The van der Waals surface area contributed by atoms with Crippen LogP contribution in [0.1, 0.15) is 25.7 Å². The van der Waals surface area contributed by atoms with Crippen LogP contribution in [-0.4, -0.2) is 19.6 Å². The van der Waals surface area contributed by atoms with Crippen molar-refractivity contribution in [3.63, 3.8) is 0 Å². The van der Waals surface area contributed by atoms with Crippen LogP contribution >= 0.6 is 0 Å². The number of guanidine groups is 1. The molecule has 0 radical (unpaired) electrons. The number of nitrogens with two attached hydrogens (primary N) is 1. The van der Waals surface area contributed by atoms with Gasteiger partial charge >= 0.3 is 0 Å². The SMILES string of the molecule is CN=C(N)NCC1CCCC1. The van der Waals surface area contributed by atoms with Gasteiger partial charge in [0.05, 0.1) is 0 Å². The molecule has 0 spiro atoms. The lowest BCUT2D eigenvalue weighted by Gasteiger charge is -2.09. The molecule has 0 aromatic rings. The molecule has 3 N–H and O–H groups in total. The first-order valence-electron chi connectivity index (χ1n) is 4.29. The molecule has 0 aromatic carbocycles. The normalized spacial score (nSPS) is 20.6. The van der Waals surface area contributed by atoms with Gasteiger partial charge in [0.15, 0.2) is 5.96 Å². The third-order valence-electron chi connectivity index (χ3n) is 2.29. The molecule has 1 aliphatic carbocycles. The molecule has 0 bridgehead atoms. The minimum atomic E-state index is 0.567. The van der Waals surface area contributed by atoms with Gasteiger partial charge < -0.3 is 11.1 Å². The maximum absolute atomic E-state index is 5.49. The van der Waals surface area contributed by atoms with E-state index in [0.717, 1.165) is 12.5 Å².